The van der Waals surface area contributed by atoms with Gasteiger partial charge in [0.1, 0.15) is 12.8 Å². The molecule has 4 nitrogen and oxygen atoms in total. The summed E-state index contributed by atoms with van der Waals surface area (Å²) >= 11 is 0. The number of aryl methyl sites for hydroxylation is 1. The molecule has 0 amide bonds. The van der Waals surface area contributed by atoms with Gasteiger partial charge >= 0.3 is 5.97 Å². The van der Waals surface area contributed by atoms with Gasteiger partial charge in [0.15, 0.2) is 0 Å². The zero-order valence-electron chi connectivity index (χ0n) is 15.6. The number of para-hydroxylation sites is 1. The summed E-state index contributed by atoms with van der Waals surface area (Å²) in [4.78, 5) is 15.5. The first-order valence-electron chi connectivity index (χ1n) is 9.67. The van der Waals surface area contributed by atoms with Crippen molar-refractivity contribution in [3.63, 3.8) is 0 Å². The average Bonchev–Trinajstić information content (AvgIpc) is 2.88. The van der Waals surface area contributed by atoms with Gasteiger partial charge in [-0.3, -0.25) is 0 Å². The Morgan fingerprint density at radius 3 is 2.62 bits per heavy atom. The molecule has 26 heavy (non-hydrogen) atoms. The summed E-state index contributed by atoms with van der Waals surface area (Å²) in [5, 5.41) is 0.858. The molecule has 0 radical (unpaired) electrons. The third-order valence-electron chi connectivity index (χ3n) is 6.31. The lowest BCUT2D eigenvalue weighted by atomic mass is 9.83. The van der Waals surface area contributed by atoms with Crippen LogP contribution in [0.3, 0.4) is 0 Å². The quantitative estimate of drug-likeness (QED) is 0.772. The second kappa shape index (κ2) is 7.03. The van der Waals surface area contributed by atoms with Crippen molar-refractivity contribution in [3.8, 4) is 0 Å². The van der Waals surface area contributed by atoms with E-state index in [2.05, 4.69) is 11.9 Å². The molecule has 1 aromatic heterocycles. The van der Waals surface area contributed by atoms with E-state index >= 15 is 0 Å². The van der Waals surface area contributed by atoms with E-state index in [4.69, 9.17) is 4.74 Å². The maximum atomic E-state index is 13.0. The van der Waals surface area contributed by atoms with Crippen molar-refractivity contribution in [3.05, 3.63) is 35.5 Å². The van der Waals surface area contributed by atoms with E-state index in [1.165, 1.54) is 19.3 Å². The zero-order chi connectivity index (χ0) is 18.3. The molecule has 3 heterocycles. The van der Waals surface area contributed by atoms with E-state index in [0.717, 1.165) is 29.4 Å². The van der Waals surface area contributed by atoms with Gasteiger partial charge in [0.2, 0.25) is 0 Å². The predicted octanol–water partition coefficient (Wildman–Crippen LogP) is 4.09. The number of ether oxygens (including phenoxy) is 1. The van der Waals surface area contributed by atoms with Gasteiger partial charge in [-0.1, -0.05) is 24.6 Å². The second-order valence-corrected chi connectivity index (χ2v) is 7.72. The number of carbonyl (C=O) groups is 1. The largest absolute Gasteiger partial charge is 0.459 e. The Morgan fingerprint density at radius 2 is 1.92 bits per heavy atom. The second-order valence-electron chi connectivity index (χ2n) is 7.72. The van der Waals surface area contributed by atoms with Gasteiger partial charge in [-0.15, -0.1) is 0 Å². The summed E-state index contributed by atoms with van der Waals surface area (Å²) < 4.78 is 20.9. The van der Waals surface area contributed by atoms with Crippen LogP contribution in [-0.4, -0.2) is 47.3 Å². The van der Waals surface area contributed by atoms with E-state index in [1.54, 1.807) is 0 Å². The number of aromatic nitrogens is 1. The fourth-order valence-electron chi connectivity index (χ4n) is 4.93. The predicted molar refractivity (Wildman–Crippen MR) is 100 cm³/mol. The summed E-state index contributed by atoms with van der Waals surface area (Å²) in [7, 11) is 2.20. The molecule has 4 rings (SSSR count). The number of piperidine rings is 2. The van der Waals surface area contributed by atoms with E-state index in [0.29, 0.717) is 17.6 Å². The van der Waals surface area contributed by atoms with Crippen LogP contribution in [0.1, 0.15) is 48.2 Å². The van der Waals surface area contributed by atoms with Gasteiger partial charge in [0.05, 0.1) is 12.1 Å². The van der Waals surface area contributed by atoms with Gasteiger partial charge < -0.3 is 14.2 Å². The highest BCUT2D eigenvalue weighted by atomic mass is 19.1. The smallest absolute Gasteiger partial charge is 0.340 e. The minimum absolute atomic E-state index is 0.0170. The normalized spacial score (nSPS) is 26.2. The number of hydrogen-bond donors (Lipinski definition) is 0. The molecule has 1 unspecified atom stereocenters. The van der Waals surface area contributed by atoms with Crippen LogP contribution in [0.15, 0.2) is 24.3 Å². The number of carbonyl (C=O) groups excluding carboxylic acids is 1. The first kappa shape index (κ1) is 17.5. The van der Waals surface area contributed by atoms with Crippen LogP contribution in [0.2, 0.25) is 0 Å². The zero-order valence-corrected chi connectivity index (χ0v) is 15.6. The number of esters is 1. The topological polar surface area (TPSA) is 34.5 Å². The first-order chi connectivity index (χ1) is 12.6. The molecule has 3 atom stereocenters. The summed E-state index contributed by atoms with van der Waals surface area (Å²) in [5.41, 5.74) is 2.29. The molecule has 2 bridgehead atoms. The molecule has 2 saturated heterocycles. The van der Waals surface area contributed by atoms with Crippen molar-refractivity contribution in [2.45, 2.75) is 63.8 Å². The molecule has 0 spiro atoms. The van der Waals surface area contributed by atoms with Gasteiger partial charge in [-0.2, -0.15) is 0 Å². The number of fused-ring (bicyclic) bond motifs is 3. The number of rotatable bonds is 4. The Bertz CT molecular complexity index is 802. The van der Waals surface area contributed by atoms with E-state index < -0.39 is 6.67 Å². The molecule has 5 heteroatoms. The molecule has 2 aliphatic heterocycles. The minimum atomic E-state index is -0.452. The van der Waals surface area contributed by atoms with Gasteiger partial charge in [-0.05, 0) is 32.9 Å². The summed E-state index contributed by atoms with van der Waals surface area (Å²) in [5.74, 6) is -0.260. The Balaban J connectivity index is 1.60. The standard InChI is InChI=1S/C21H27FN2O2/c1-14-20(18-8-3-4-9-19(18)24(14)11-10-22)21(25)26-17-12-15-6-5-7-16(13-17)23(15)2/h3-4,8-9,15-17H,5-7,10-13H2,1-2H3/t15-,16+,17?. The lowest BCUT2D eigenvalue weighted by Crippen LogP contribution is -2.52. The molecule has 2 aromatic rings. The highest BCUT2D eigenvalue weighted by Gasteiger charge is 2.38. The number of nitrogens with zero attached hydrogens (tertiary/aromatic N) is 2. The maximum Gasteiger partial charge on any atom is 0.340 e. The third kappa shape index (κ3) is 2.92. The van der Waals surface area contributed by atoms with Crippen molar-refractivity contribution in [2.75, 3.05) is 13.7 Å². The SMILES string of the molecule is Cc1c(C(=O)OC2C[C@H]3CCC[C@@H](C2)N3C)c2ccccc2n1CCF. The Hall–Kier alpha value is -1.88. The van der Waals surface area contributed by atoms with Crippen molar-refractivity contribution in [2.24, 2.45) is 0 Å². The van der Waals surface area contributed by atoms with Crippen molar-refractivity contribution in [1.29, 1.82) is 0 Å². The Labute approximate surface area is 153 Å². The minimum Gasteiger partial charge on any atom is -0.459 e. The summed E-state index contributed by atoms with van der Waals surface area (Å²) in [6.45, 7) is 1.69. The van der Waals surface area contributed by atoms with Crippen LogP contribution < -0.4 is 0 Å². The Kier molecular flexibility index (Phi) is 4.74. The number of halogens is 1. The Morgan fingerprint density at radius 1 is 1.23 bits per heavy atom. The van der Waals surface area contributed by atoms with Crippen LogP contribution >= 0.6 is 0 Å². The van der Waals surface area contributed by atoms with Crippen LogP contribution in [0.5, 0.6) is 0 Å². The van der Waals surface area contributed by atoms with Gasteiger partial charge in [0.25, 0.3) is 0 Å². The summed E-state index contributed by atoms with van der Waals surface area (Å²) in [6, 6.07) is 8.75. The number of benzene rings is 1. The molecular formula is C21H27FN2O2. The lowest BCUT2D eigenvalue weighted by Gasteiger charge is -2.46. The monoisotopic (exact) mass is 358 g/mol. The van der Waals surface area contributed by atoms with E-state index in [9.17, 15) is 9.18 Å². The fraction of sp³-hybridized carbons (Fsp3) is 0.571. The molecule has 140 valence electrons. The fourth-order valence-corrected chi connectivity index (χ4v) is 4.93. The molecular weight excluding hydrogens is 331 g/mol. The molecule has 2 fully saturated rings. The van der Waals surface area contributed by atoms with Gasteiger partial charge in [-0.25, -0.2) is 9.18 Å². The van der Waals surface area contributed by atoms with Crippen LogP contribution in [0.25, 0.3) is 10.9 Å². The highest BCUT2D eigenvalue weighted by molar-refractivity contribution is 6.06. The van der Waals surface area contributed by atoms with Gasteiger partial charge in [0, 0.05) is 41.5 Å². The van der Waals surface area contributed by atoms with Crippen molar-refractivity contribution < 1.29 is 13.9 Å². The molecule has 0 aliphatic carbocycles. The number of hydrogen-bond acceptors (Lipinski definition) is 3. The average molecular weight is 358 g/mol. The van der Waals surface area contributed by atoms with Crippen molar-refractivity contribution in [1.82, 2.24) is 9.47 Å². The summed E-state index contributed by atoms with van der Waals surface area (Å²) in [6.07, 6.45) is 5.47. The molecule has 1 aromatic carbocycles. The van der Waals surface area contributed by atoms with Crippen LogP contribution in [0, 0.1) is 6.92 Å². The lowest BCUT2D eigenvalue weighted by molar-refractivity contribution is -0.0318. The first-order valence-corrected chi connectivity index (χ1v) is 9.67. The van der Waals surface area contributed by atoms with E-state index in [1.807, 2.05) is 35.8 Å². The van der Waals surface area contributed by atoms with Crippen LogP contribution in [0.4, 0.5) is 4.39 Å². The van der Waals surface area contributed by atoms with Crippen LogP contribution in [-0.2, 0) is 11.3 Å². The maximum absolute atomic E-state index is 13.0. The molecule has 0 saturated carbocycles. The molecule has 0 N–H and O–H groups in total. The highest BCUT2D eigenvalue weighted by Crippen LogP contribution is 2.35. The third-order valence-corrected chi connectivity index (χ3v) is 6.31. The number of alkyl halides is 1. The molecule has 2 aliphatic rings. The van der Waals surface area contributed by atoms with E-state index in [-0.39, 0.29) is 18.6 Å². The van der Waals surface area contributed by atoms with Crippen molar-refractivity contribution >= 4 is 16.9 Å².